The van der Waals surface area contributed by atoms with Crippen molar-refractivity contribution in [2.24, 2.45) is 0 Å². The Bertz CT molecular complexity index is 701. The Morgan fingerprint density at radius 2 is 2.00 bits per heavy atom. The molecule has 1 heterocycles. The SMILES string of the molecule is CCN1C(=O)[C@H](Cc2ccccc2F)c2cc(Br)ccc21. The molecule has 4 heteroatoms. The molecule has 2 aromatic carbocycles. The molecule has 1 amide bonds. The number of rotatable bonds is 3. The minimum atomic E-state index is -0.311. The molecule has 1 aliphatic heterocycles. The van der Waals surface area contributed by atoms with Crippen LogP contribution in [0.5, 0.6) is 0 Å². The van der Waals surface area contributed by atoms with Crippen LogP contribution in [0, 0.1) is 5.82 Å². The summed E-state index contributed by atoms with van der Waals surface area (Å²) in [5, 5.41) is 0. The van der Waals surface area contributed by atoms with E-state index >= 15 is 0 Å². The molecule has 0 aliphatic carbocycles. The molecule has 21 heavy (non-hydrogen) atoms. The van der Waals surface area contributed by atoms with Gasteiger partial charge < -0.3 is 4.90 Å². The van der Waals surface area contributed by atoms with E-state index in [1.165, 1.54) is 6.07 Å². The first-order valence-corrected chi connectivity index (χ1v) is 7.75. The number of carbonyl (C=O) groups excluding carboxylic acids is 1. The molecule has 0 unspecified atom stereocenters. The quantitative estimate of drug-likeness (QED) is 0.811. The standard InChI is InChI=1S/C17H15BrFNO/c1-2-20-16-8-7-12(18)10-13(16)14(17(20)21)9-11-5-3-4-6-15(11)19/h3-8,10,14H,2,9H2,1H3/t14-/m1/s1. The third-order valence-electron chi connectivity index (χ3n) is 3.92. The minimum absolute atomic E-state index is 0.0499. The maximum atomic E-state index is 13.9. The van der Waals surface area contributed by atoms with E-state index in [0.29, 0.717) is 18.5 Å². The van der Waals surface area contributed by atoms with Crippen LogP contribution < -0.4 is 4.90 Å². The first-order chi connectivity index (χ1) is 10.1. The molecule has 0 fully saturated rings. The predicted octanol–water partition coefficient (Wildman–Crippen LogP) is 4.28. The number of fused-ring (bicyclic) bond motifs is 1. The largest absolute Gasteiger partial charge is 0.312 e. The zero-order valence-electron chi connectivity index (χ0n) is 11.6. The van der Waals surface area contributed by atoms with Crippen LogP contribution in [0.4, 0.5) is 10.1 Å². The van der Waals surface area contributed by atoms with Crippen molar-refractivity contribution in [1.82, 2.24) is 0 Å². The first kappa shape index (κ1) is 14.3. The summed E-state index contributed by atoms with van der Waals surface area (Å²) in [5.74, 6) is -0.514. The molecule has 0 aromatic heterocycles. The molecule has 108 valence electrons. The fraction of sp³-hybridized carbons (Fsp3) is 0.235. The van der Waals surface area contributed by atoms with Gasteiger partial charge >= 0.3 is 0 Å². The lowest BCUT2D eigenvalue weighted by Gasteiger charge is -2.15. The molecular weight excluding hydrogens is 333 g/mol. The van der Waals surface area contributed by atoms with E-state index in [1.54, 1.807) is 23.1 Å². The van der Waals surface area contributed by atoms with E-state index in [2.05, 4.69) is 15.9 Å². The van der Waals surface area contributed by atoms with E-state index in [9.17, 15) is 9.18 Å². The summed E-state index contributed by atoms with van der Waals surface area (Å²) in [6.07, 6.45) is 0.394. The molecule has 0 spiro atoms. The van der Waals surface area contributed by atoms with Crippen LogP contribution in [0.3, 0.4) is 0 Å². The van der Waals surface area contributed by atoms with Crippen molar-refractivity contribution in [3.05, 3.63) is 63.9 Å². The normalized spacial score (nSPS) is 17.2. The van der Waals surface area contributed by atoms with Crippen molar-refractivity contribution in [2.45, 2.75) is 19.3 Å². The van der Waals surface area contributed by atoms with Gasteiger partial charge in [-0.05, 0) is 48.7 Å². The molecule has 3 rings (SSSR count). The van der Waals surface area contributed by atoms with E-state index < -0.39 is 0 Å². The maximum Gasteiger partial charge on any atom is 0.234 e. The number of hydrogen-bond donors (Lipinski definition) is 0. The third-order valence-corrected chi connectivity index (χ3v) is 4.41. The summed E-state index contributed by atoms with van der Waals surface area (Å²) in [7, 11) is 0. The molecule has 0 saturated carbocycles. The number of hydrogen-bond acceptors (Lipinski definition) is 1. The van der Waals surface area contributed by atoms with Gasteiger partial charge in [-0.2, -0.15) is 0 Å². The van der Waals surface area contributed by atoms with Gasteiger partial charge in [-0.25, -0.2) is 4.39 Å². The summed E-state index contributed by atoms with van der Waals surface area (Å²) in [6, 6.07) is 12.5. The summed E-state index contributed by atoms with van der Waals surface area (Å²) in [6.45, 7) is 2.58. The lowest BCUT2D eigenvalue weighted by molar-refractivity contribution is -0.119. The second-order valence-electron chi connectivity index (χ2n) is 5.13. The number of carbonyl (C=O) groups is 1. The number of nitrogens with zero attached hydrogens (tertiary/aromatic N) is 1. The van der Waals surface area contributed by atoms with Crippen LogP contribution in [-0.4, -0.2) is 12.5 Å². The fourth-order valence-corrected chi connectivity index (χ4v) is 3.28. The average Bonchev–Trinajstić information content (AvgIpc) is 2.73. The highest BCUT2D eigenvalue weighted by Gasteiger charge is 2.36. The van der Waals surface area contributed by atoms with E-state index in [1.807, 2.05) is 25.1 Å². The topological polar surface area (TPSA) is 20.3 Å². The highest BCUT2D eigenvalue weighted by Crippen LogP contribution is 2.40. The molecule has 1 atom stereocenters. The number of anilines is 1. The van der Waals surface area contributed by atoms with Crippen molar-refractivity contribution in [1.29, 1.82) is 0 Å². The highest BCUT2D eigenvalue weighted by molar-refractivity contribution is 9.10. The summed E-state index contributed by atoms with van der Waals surface area (Å²) < 4.78 is 14.8. The summed E-state index contributed by atoms with van der Waals surface area (Å²) >= 11 is 3.45. The Morgan fingerprint density at radius 1 is 1.24 bits per heavy atom. The Balaban J connectivity index is 2.02. The fourth-order valence-electron chi connectivity index (χ4n) is 2.90. The van der Waals surface area contributed by atoms with Gasteiger partial charge in [0.1, 0.15) is 5.82 Å². The van der Waals surface area contributed by atoms with Gasteiger partial charge in [0.25, 0.3) is 0 Å². The number of likely N-dealkylation sites (N-methyl/N-ethyl adjacent to an activating group) is 1. The molecule has 2 aromatic rings. The Hall–Kier alpha value is -1.68. The van der Waals surface area contributed by atoms with Crippen LogP contribution in [0.2, 0.25) is 0 Å². The van der Waals surface area contributed by atoms with Crippen LogP contribution in [0.1, 0.15) is 24.0 Å². The minimum Gasteiger partial charge on any atom is -0.312 e. The molecule has 0 saturated heterocycles. The second kappa shape index (κ2) is 5.60. The van der Waals surface area contributed by atoms with E-state index in [0.717, 1.165) is 15.7 Å². The molecule has 0 N–H and O–H groups in total. The zero-order valence-corrected chi connectivity index (χ0v) is 13.2. The van der Waals surface area contributed by atoms with E-state index in [-0.39, 0.29) is 17.6 Å². The summed E-state index contributed by atoms with van der Waals surface area (Å²) in [4.78, 5) is 14.4. The number of benzene rings is 2. The van der Waals surface area contributed by atoms with Gasteiger partial charge in [0.05, 0.1) is 5.92 Å². The van der Waals surface area contributed by atoms with Crippen molar-refractivity contribution < 1.29 is 9.18 Å². The van der Waals surface area contributed by atoms with Crippen LogP contribution in [-0.2, 0) is 11.2 Å². The Morgan fingerprint density at radius 3 is 2.71 bits per heavy atom. The summed E-state index contributed by atoms with van der Waals surface area (Å²) in [5.41, 5.74) is 2.49. The lowest BCUT2D eigenvalue weighted by atomic mass is 9.93. The van der Waals surface area contributed by atoms with Crippen molar-refractivity contribution >= 4 is 27.5 Å². The van der Waals surface area contributed by atoms with E-state index in [4.69, 9.17) is 0 Å². The zero-order chi connectivity index (χ0) is 15.0. The molecule has 1 aliphatic rings. The smallest absolute Gasteiger partial charge is 0.234 e. The third kappa shape index (κ3) is 2.48. The molecule has 0 bridgehead atoms. The highest BCUT2D eigenvalue weighted by atomic mass is 79.9. The van der Waals surface area contributed by atoms with Gasteiger partial charge in [0.15, 0.2) is 0 Å². The van der Waals surface area contributed by atoms with Gasteiger partial charge in [0, 0.05) is 16.7 Å². The van der Waals surface area contributed by atoms with Gasteiger partial charge in [-0.15, -0.1) is 0 Å². The van der Waals surface area contributed by atoms with Crippen molar-refractivity contribution in [3.8, 4) is 0 Å². The monoisotopic (exact) mass is 347 g/mol. The van der Waals surface area contributed by atoms with Crippen LogP contribution >= 0.6 is 15.9 Å². The van der Waals surface area contributed by atoms with Crippen LogP contribution in [0.15, 0.2) is 46.9 Å². The van der Waals surface area contributed by atoms with Gasteiger partial charge in [0.2, 0.25) is 5.91 Å². The molecule has 0 radical (unpaired) electrons. The number of halogens is 2. The Labute approximate surface area is 131 Å². The Kier molecular flexibility index (Phi) is 3.81. The molecule has 2 nitrogen and oxygen atoms in total. The van der Waals surface area contributed by atoms with Crippen molar-refractivity contribution in [2.75, 3.05) is 11.4 Å². The lowest BCUT2D eigenvalue weighted by Crippen LogP contribution is -2.29. The van der Waals surface area contributed by atoms with Gasteiger partial charge in [-0.3, -0.25) is 4.79 Å². The van der Waals surface area contributed by atoms with Crippen LogP contribution in [0.25, 0.3) is 0 Å². The maximum absolute atomic E-state index is 13.9. The predicted molar refractivity (Wildman–Crippen MR) is 85.0 cm³/mol. The number of amides is 1. The van der Waals surface area contributed by atoms with Gasteiger partial charge in [-0.1, -0.05) is 34.1 Å². The average molecular weight is 348 g/mol. The second-order valence-corrected chi connectivity index (χ2v) is 6.05. The first-order valence-electron chi connectivity index (χ1n) is 6.96. The molecular formula is C17H15BrFNO. The van der Waals surface area contributed by atoms with Crippen molar-refractivity contribution in [3.63, 3.8) is 0 Å².